The van der Waals surface area contributed by atoms with E-state index in [1.807, 2.05) is 25.2 Å². The molecule has 3 saturated carbocycles. The number of carbonyl (C=O) groups is 2. The third kappa shape index (κ3) is 10.6. The van der Waals surface area contributed by atoms with E-state index >= 15 is 0 Å². The molecule has 4 aromatic rings. The second kappa shape index (κ2) is 25.1. The maximum atomic E-state index is 14.4. The lowest BCUT2D eigenvalue weighted by atomic mass is 9.47. The van der Waals surface area contributed by atoms with Crippen molar-refractivity contribution in [1.29, 1.82) is 0 Å². The van der Waals surface area contributed by atoms with Gasteiger partial charge in [-0.05, 0) is 156 Å². The number of ether oxygens (including phenoxy) is 5. The van der Waals surface area contributed by atoms with Crippen LogP contribution in [-0.4, -0.2) is 115 Å². The number of methoxy groups -OCH3 is 1. The molecule has 4 heterocycles. The number of phenolic OH excluding ortho intramolecular Hbond substituents is 1. The number of hydrogen-bond acceptors (Lipinski definition) is 15. The maximum Gasteiger partial charge on any atom is 0.258 e. The van der Waals surface area contributed by atoms with E-state index in [1.165, 1.54) is 19.6 Å². The minimum Gasteiger partial charge on any atom is -0.502 e. The summed E-state index contributed by atoms with van der Waals surface area (Å²) in [4.78, 5) is 30.3. The molecule has 0 spiro atoms. The number of imide groups is 1. The number of carbonyl (C=O) groups excluding carboxylic acids is 2. The summed E-state index contributed by atoms with van der Waals surface area (Å²) in [7, 11) is 5.21. The zero-order chi connectivity index (χ0) is 62.9. The molecule has 11 atom stereocenters. The van der Waals surface area contributed by atoms with E-state index in [0.717, 1.165) is 141 Å². The van der Waals surface area contributed by atoms with E-state index in [0.29, 0.717) is 78.1 Å². The quantitative estimate of drug-likeness (QED) is 0.0288. The zero-order valence-electron chi connectivity index (χ0n) is 54.1. The Morgan fingerprint density at radius 2 is 1.64 bits per heavy atom. The highest BCUT2D eigenvalue weighted by atomic mass is 16.5. The smallest absolute Gasteiger partial charge is 0.258 e. The average Bonchev–Trinajstić information content (AvgIpc) is 0.835. The van der Waals surface area contributed by atoms with Gasteiger partial charge in [0.2, 0.25) is 5.75 Å². The molecule has 4 aromatic carbocycles. The Balaban J connectivity index is 0.835. The Morgan fingerprint density at radius 1 is 0.856 bits per heavy atom. The van der Waals surface area contributed by atoms with Crippen LogP contribution in [0.3, 0.4) is 0 Å². The molecule has 8 N–H and O–H groups in total. The number of nitrogens with one attached hydrogen (secondary N) is 4. The Kier molecular flexibility index (Phi) is 17.4. The van der Waals surface area contributed by atoms with Gasteiger partial charge in [-0.2, -0.15) is 0 Å². The highest BCUT2D eigenvalue weighted by molar-refractivity contribution is 6.17. The minimum absolute atomic E-state index is 0.0229. The van der Waals surface area contributed by atoms with Crippen LogP contribution in [0.25, 0.3) is 17.2 Å². The third-order valence-electron chi connectivity index (χ3n) is 23.5. The number of aromatic hydroxyl groups is 1. The summed E-state index contributed by atoms with van der Waals surface area (Å²) in [6, 6.07) is 16.1. The number of aliphatic hydroxyl groups is 3. The van der Waals surface area contributed by atoms with Gasteiger partial charge in [-0.15, -0.1) is 0 Å². The Morgan fingerprint density at radius 3 is 2.42 bits per heavy atom. The van der Waals surface area contributed by atoms with Crippen LogP contribution in [0.4, 0.5) is 5.69 Å². The summed E-state index contributed by atoms with van der Waals surface area (Å²) in [6.45, 7) is 10.6. The molecule has 13 rings (SSSR count). The van der Waals surface area contributed by atoms with Crippen LogP contribution in [0.15, 0.2) is 66.3 Å². The van der Waals surface area contributed by atoms with Gasteiger partial charge in [0.05, 0.1) is 44.1 Å². The van der Waals surface area contributed by atoms with Crippen molar-refractivity contribution in [3.8, 4) is 45.6 Å². The van der Waals surface area contributed by atoms with Crippen LogP contribution in [0.2, 0.25) is 0 Å². The van der Waals surface area contributed by atoms with Crippen molar-refractivity contribution in [3.05, 3.63) is 105 Å². The van der Waals surface area contributed by atoms with Gasteiger partial charge in [0.15, 0.2) is 23.5 Å². The van der Waals surface area contributed by atoms with Crippen LogP contribution >= 0.6 is 0 Å². The highest BCUT2D eigenvalue weighted by Crippen LogP contribution is 2.62. The summed E-state index contributed by atoms with van der Waals surface area (Å²) in [6.07, 6.45) is 20.4. The molecule has 4 aliphatic heterocycles. The lowest BCUT2D eigenvalue weighted by molar-refractivity contribution is -0.153. The molecule has 16 nitrogen and oxygen atoms in total. The average molecular weight is 1230 g/mol. The number of amides is 2. The van der Waals surface area contributed by atoms with Gasteiger partial charge in [-0.3, -0.25) is 19.8 Å². The van der Waals surface area contributed by atoms with E-state index in [-0.39, 0.29) is 72.2 Å². The Hall–Kier alpha value is -6.14. The summed E-state index contributed by atoms with van der Waals surface area (Å²) < 4.78 is 33.9. The molecule has 9 aliphatic rings. The molecular weight excluding hydrogens is 1130 g/mol. The molecule has 0 radical (unpaired) electrons. The van der Waals surface area contributed by atoms with Crippen molar-refractivity contribution in [2.45, 2.75) is 184 Å². The van der Waals surface area contributed by atoms with Gasteiger partial charge >= 0.3 is 0 Å². The Bertz CT molecular complexity index is 3450. The predicted octanol–water partition coefficient (Wildman–Crippen LogP) is 11.5. The highest BCUT2D eigenvalue weighted by Gasteiger charge is 2.61. The number of rotatable bonds is 21. The fourth-order valence-electron chi connectivity index (χ4n) is 18.8. The number of benzene rings is 4. The van der Waals surface area contributed by atoms with Crippen molar-refractivity contribution < 1.29 is 53.7 Å². The van der Waals surface area contributed by atoms with Crippen LogP contribution in [0.5, 0.6) is 34.5 Å². The zero-order valence-corrected chi connectivity index (χ0v) is 54.1. The van der Waals surface area contributed by atoms with Crippen LogP contribution in [0, 0.1) is 35.0 Å². The Labute approximate surface area is 531 Å². The summed E-state index contributed by atoms with van der Waals surface area (Å²) >= 11 is 0. The van der Waals surface area contributed by atoms with Gasteiger partial charge in [0.1, 0.15) is 23.9 Å². The number of fused-ring (bicyclic) bond motifs is 6. The van der Waals surface area contributed by atoms with Crippen molar-refractivity contribution in [2.24, 2.45) is 35.0 Å². The molecule has 0 bridgehead atoms. The van der Waals surface area contributed by atoms with Crippen LogP contribution in [0.1, 0.15) is 188 Å². The molecule has 4 fully saturated rings. The molecule has 16 heteroatoms. The van der Waals surface area contributed by atoms with Gasteiger partial charge in [0, 0.05) is 100 Å². The largest absolute Gasteiger partial charge is 0.502 e. The summed E-state index contributed by atoms with van der Waals surface area (Å²) in [5.74, 6) is 0.984. The van der Waals surface area contributed by atoms with Crippen molar-refractivity contribution in [3.63, 3.8) is 0 Å². The van der Waals surface area contributed by atoms with Crippen molar-refractivity contribution in [1.82, 2.24) is 20.9 Å². The third-order valence-corrected chi connectivity index (χ3v) is 23.5. The SMILES string of the molecule is CCC(C)(C)CCC1CCCC2(Oc3cc(OCCNC)c4c5c3C(O)Nc3cc6c(c(c3-5)CC4)C(O)C(c3cc(OC)c(O)c(OCC(CO)C45CCCC(C7(N8C(=O)C=C(CNC)C8=O)CCCCC7)C4C=Cc4ccccc45)c3)CO6)NC(C)CCC12. The molecule has 1 saturated heterocycles. The first-order valence-corrected chi connectivity index (χ1v) is 34.1. The number of aliphatic hydroxyl groups excluding tert-OH is 3. The van der Waals surface area contributed by atoms with Gasteiger partial charge in [-0.25, -0.2) is 0 Å². The molecule has 90 heavy (non-hydrogen) atoms. The number of phenols is 1. The molecular formula is C74H97N5O11. The predicted molar refractivity (Wildman–Crippen MR) is 348 cm³/mol. The molecule has 5 aliphatic carbocycles. The van der Waals surface area contributed by atoms with E-state index < -0.39 is 40.8 Å². The fourth-order valence-corrected chi connectivity index (χ4v) is 18.8. The van der Waals surface area contributed by atoms with Crippen molar-refractivity contribution >= 4 is 23.6 Å². The molecule has 0 aromatic heterocycles. The monoisotopic (exact) mass is 1230 g/mol. The minimum atomic E-state index is -1.10. The van der Waals surface area contributed by atoms with E-state index in [4.69, 9.17) is 23.7 Å². The van der Waals surface area contributed by atoms with E-state index in [9.17, 15) is 30.0 Å². The number of piperidine rings is 1. The molecule has 2 amide bonds. The van der Waals surface area contributed by atoms with E-state index in [2.05, 4.69) is 79.3 Å². The topological polar surface area (TPSA) is 213 Å². The second-order valence-electron chi connectivity index (χ2n) is 28.7. The number of hydrogen-bond donors (Lipinski definition) is 8. The van der Waals surface area contributed by atoms with Gasteiger partial charge in [0.25, 0.3) is 11.8 Å². The summed E-state index contributed by atoms with van der Waals surface area (Å²) in [5, 5.41) is 63.4. The van der Waals surface area contributed by atoms with Gasteiger partial charge < -0.3 is 60.1 Å². The number of allylic oxidation sites excluding steroid dienone is 1. The normalized spacial score (nSPS) is 29.1. The van der Waals surface area contributed by atoms with Crippen molar-refractivity contribution in [2.75, 3.05) is 66.0 Å². The number of anilines is 1. The molecule has 11 unspecified atom stereocenters. The standard InChI is InChI=1S/C74H97N5O11/c1-8-71(3,4)31-26-45-17-14-30-74(53(45)24-20-43(2)78-74)90-59-38-57(87-33-32-75-5)49-22-23-50-63-56(77-69(84)66(59)65(49)63)37-58-64(50)67(82)51(42-89-58)46-34-60(86-7)68(83)61(35-46)88-41-48(40-80)73-29-15-19-54(55(73)25-21-44-16-10-11-18-52(44)73)72(27-12-9-13-28-72)79-62(81)36-47(39-76-6)70(79)85/h10-11,16,18,21,25,34-38,43,45,48,51,53-55,67,69,75-78,80,82-84H,8-9,12-15,17,19-20,22-24,26-33,39-42H2,1-7H3. The number of nitrogens with zero attached hydrogens (tertiary/aromatic N) is 1. The van der Waals surface area contributed by atoms with E-state index in [1.54, 1.807) is 24.1 Å². The fraction of sp³-hybridized carbons (Fsp3) is 0.595. The maximum absolute atomic E-state index is 14.4. The number of likely N-dealkylation sites (N-methyl/N-ethyl adjacent to an activating group) is 2. The molecule has 484 valence electrons. The second-order valence-corrected chi connectivity index (χ2v) is 28.7. The van der Waals surface area contributed by atoms with Crippen LogP contribution < -0.4 is 45.0 Å². The van der Waals surface area contributed by atoms with Gasteiger partial charge in [-0.1, -0.05) is 89.3 Å². The first kappa shape index (κ1) is 62.7. The lowest BCUT2D eigenvalue weighted by Gasteiger charge is -2.60. The first-order chi connectivity index (χ1) is 43.5. The van der Waals surface area contributed by atoms with Crippen LogP contribution in [-0.2, 0) is 27.8 Å². The first-order valence-electron chi connectivity index (χ1n) is 34.1. The summed E-state index contributed by atoms with van der Waals surface area (Å²) in [5.41, 5.74) is 7.34. The lowest BCUT2D eigenvalue weighted by Crippen LogP contribution is -2.65.